The first-order valence-electron chi connectivity index (χ1n) is 6.61. The molecule has 3 heterocycles. The molecule has 10 heteroatoms. The molecule has 0 unspecified atom stereocenters. The van der Waals surface area contributed by atoms with Crippen molar-refractivity contribution in [1.82, 2.24) is 20.1 Å². The van der Waals surface area contributed by atoms with E-state index in [1.165, 1.54) is 31.6 Å². The van der Waals surface area contributed by atoms with E-state index in [4.69, 9.17) is 0 Å². The molecule has 1 aliphatic rings. The Bertz CT molecular complexity index is 797. The average Bonchev–Trinajstić information content (AvgIpc) is 3.14. The lowest BCUT2D eigenvalue weighted by Gasteiger charge is -2.25. The molecular formula is C12H15N5O3S2. The average molecular weight is 341 g/mol. The molecule has 3 rings (SSSR count). The summed E-state index contributed by atoms with van der Waals surface area (Å²) in [6.07, 6.45) is 1.94. The zero-order chi connectivity index (χ0) is 15.9. The van der Waals surface area contributed by atoms with Gasteiger partial charge in [-0.15, -0.1) is 11.3 Å². The van der Waals surface area contributed by atoms with Gasteiger partial charge in [-0.2, -0.15) is 10.1 Å². The van der Waals surface area contributed by atoms with Gasteiger partial charge >= 0.3 is 0 Å². The summed E-state index contributed by atoms with van der Waals surface area (Å²) in [6.45, 7) is 2.61. The van der Waals surface area contributed by atoms with E-state index in [2.05, 4.69) is 15.2 Å². The van der Waals surface area contributed by atoms with Gasteiger partial charge in [0.1, 0.15) is 10.5 Å². The largest absolute Gasteiger partial charge is 0.338 e. The zero-order valence-corrected chi connectivity index (χ0v) is 13.7. The van der Waals surface area contributed by atoms with Crippen LogP contribution in [0.1, 0.15) is 17.4 Å². The summed E-state index contributed by atoms with van der Waals surface area (Å²) in [7, 11) is -2.25. The van der Waals surface area contributed by atoms with Crippen molar-refractivity contribution in [2.75, 3.05) is 17.9 Å². The van der Waals surface area contributed by atoms with Crippen molar-refractivity contribution < 1.29 is 13.2 Å². The van der Waals surface area contributed by atoms with Gasteiger partial charge in [-0.3, -0.25) is 4.79 Å². The van der Waals surface area contributed by atoms with Gasteiger partial charge in [-0.25, -0.2) is 17.8 Å². The molecule has 8 nitrogen and oxygen atoms in total. The van der Waals surface area contributed by atoms with Gasteiger partial charge < -0.3 is 4.90 Å². The summed E-state index contributed by atoms with van der Waals surface area (Å²) in [5.74, 6) is 0.164. The number of aromatic amines is 1. The molecule has 0 spiro atoms. The maximum Gasteiger partial charge on any atom is 0.275 e. The van der Waals surface area contributed by atoms with Crippen molar-refractivity contribution >= 4 is 33.2 Å². The molecule has 1 amide bonds. The molecule has 118 valence electrons. The number of nitrogens with zero attached hydrogens (tertiary/aromatic N) is 4. The molecule has 2 aromatic heterocycles. The Labute approximate surface area is 131 Å². The molecule has 1 N–H and O–H groups in total. The first kappa shape index (κ1) is 15.0. The molecule has 0 saturated carbocycles. The predicted molar refractivity (Wildman–Crippen MR) is 81.1 cm³/mol. The Hall–Kier alpha value is -1.94. The maximum atomic E-state index is 12.6. The van der Waals surface area contributed by atoms with Crippen LogP contribution < -0.4 is 4.31 Å². The number of H-pyrrole nitrogens is 1. The normalized spacial score (nSPS) is 14.7. The summed E-state index contributed by atoms with van der Waals surface area (Å²) >= 11 is 1.25. The van der Waals surface area contributed by atoms with Gasteiger partial charge in [0.2, 0.25) is 11.9 Å². The zero-order valence-electron chi connectivity index (χ0n) is 12.1. The van der Waals surface area contributed by atoms with Gasteiger partial charge in [0.15, 0.2) is 0 Å². The fraction of sp³-hybridized carbons (Fsp3) is 0.417. The van der Waals surface area contributed by atoms with E-state index >= 15 is 0 Å². The monoisotopic (exact) mass is 341 g/mol. The number of nitrogens with one attached hydrogen (secondary N) is 1. The predicted octanol–water partition coefficient (Wildman–Crippen LogP) is 0.596. The molecule has 0 aromatic carbocycles. The molecular weight excluding hydrogens is 326 g/mol. The van der Waals surface area contributed by atoms with Crippen LogP contribution in [0.2, 0.25) is 0 Å². The summed E-state index contributed by atoms with van der Waals surface area (Å²) in [5.41, 5.74) is 0.899. The Morgan fingerprint density at radius 3 is 2.91 bits per heavy atom. The van der Waals surface area contributed by atoms with Crippen molar-refractivity contribution in [3.63, 3.8) is 0 Å². The van der Waals surface area contributed by atoms with Gasteiger partial charge in [-0.1, -0.05) is 0 Å². The number of hydrogen-bond donors (Lipinski definition) is 1. The number of aromatic nitrogens is 3. The highest BCUT2D eigenvalue weighted by atomic mass is 32.2. The number of sulfonamides is 1. The van der Waals surface area contributed by atoms with Crippen LogP contribution in [0, 0.1) is 0 Å². The fourth-order valence-electron chi connectivity index (χ4n) is 2.30. The number of hydrogen-bond acceptors (Lipinski definition) is 6. The topological polar surface area (TPSA) is 99.3 Å². The maximum absolute atomic E-state index is 12.6. The van der Waals surface area contributed by atoms with Crippen LogP contribution >= 0.6 is 11.3 Å². The van der Waals surface area contributed by atoms with Crippen LogP contribution in [0.15, 0.2) is 16.6 Å². The highest BCUT2D eigenvalue weighted by Crippen LogP contribution is 2.33. The van der Waals surface area contributed by atoms with Gasteiger partial charge in [-0.05, 0) is 18.1 Å². The second-order valence-corrected chi connectivity index (χ2v) is 8.32. The van der Waals surface area contributed by atoms with Gasteiger partial charge in [0, 0.05) is 31.9 Å². The lowest BCUT2D eigenvalue weighted by atomic mass is 10.1. The van der Waals surface area contributed by atoms with E-state index in [-0.39, 0.29) is 16.1 Å². The van der Waals surface area contributed by atoms with Gasteiger partial charge in [0.25, 0.3) is 10.0 Å². The standard InChI is InChI=1S/C12H15N5O3S2/c1-8(18)17-4-3-10-9(6-17)5-11(21-10)22(19,20)16(2)12-13-7-14-15-12/h5,7H,3-4,6H2,1-2H3,(H,13,14,15). The van der Waals surface area contributed by atoms with E-state index in [9.17, 15) is 13.2 Å². The Kier molecular flexibility index (Phi) is 3.65. The van der Waals surface area contributed by atoms with Crippen molar-refractivity contribution in [2.45, 2.75) is 24.1 Å². The van der Waals surface area contributed by atoms with E-state index in [0.717, 1.165) is 14.7 Å². The second kappa shape index (κ2) is 5.36. The third kappa shape index (κ3) is 2.48. The number of thiophene rings is 1. The van der Waals surface area contributed by atoms with Crippen LogP contribution in [0.25, 0.3) is 0 Å². The van der Waals surface area contributed by atoms with E-state index in [1.54, 1.807) is 11.0 Å². The summed E-state index contributed by atoms with van der Waals surface area (Å²) in [5, 5.41) is 6.20. The molecule has 2 aromatic rings. The number of amides is 1. The SMILES string of the molecule is CC(=O)N1CCc2sc(S(=O)(=O)N(C)c3ncn[nH]3)cc2C1. The number of rotatable bonds is 3. The third-order valence-electron chi connectivity index (χ3n) is 3.60. The van der Waals surface area contributed by atoms with Crippen LogP contribution in [0.4, 0.5) is 5.95 Å². The summed E-state index contributed by atoms with van der Waals surface area (Å²) in [4.78, 5) is 18.0. The third-order valence-corrected chi connectivity index (χ3v) is 7.04. The minimum Gasteiger partial charge on any atom is -0.338 e. The Balaban J connectivity index is 1.92. The minimum atomic E-state index is -3.68. The highest BCUT2D eigenvalue weighted by Gasteiger charge is 2.29. The molecule has 0 atom stereocenters. The summed E-state index contributed by atoms with van der Waals surface area (Å²) < 4.78 is 26.6. The van der Waals surface area contributed by atoms with Crippen LogP contribution in [-0.2, 0) is 27.8 Å². The van der Waals surface area contributed by atoms with Crippen molar-refractivity contribution in [3.05, 3.63) is 22.8 Å². The van der Waals surface area contributed by atoms with Crippen molar-refractivity contribution in [2.24, 2.45) is 0 Å². The van der Waals surface area contributed by atoms with Crippen LogP contribution in [0.5, 0.6) is 0 Å². The fourth-order valence-corrected chi connectivity index (χ4v) is 5.13. The molecule has 0 fully saturated rings. The highest BCUT2D eigenvalue weighted by molar-refractivity contribution is 7.94. The first-order valence-corrected chi connectivity index (χ1v) is 8.86. The minimum absolute atomic E-state index is 0.0000325. The van der Waals surface area contributed by atoms with Crippen LogP contribution in [-0.4, -0.2) is 48.0 Å². The van der Waals surface area contributed by atoms with Gasteiger partial charge in [0.05, 0.1) is 0 Å². The van der Waals surface area contributed by atoms with E-state index in [0.29, 0.717) is 19.5 Å². The van der Waals surface area contributed by atoms with Crippen molar-refractivity contribution in [1.29, 1.82) is 0 Å². The number of carbonyl (C=O) groups is 1. The molecule has 1 aliphatic heterocycles. The van der Waals surface area contributed by atoms with Crippen molar-refractivity contribution in [3.8, 4) is 0 Å². The molecule has 0 radical (unpaired) electrons. The Morgan fingerprint density at radius 2 is 2.27 bits per heavy atom. The molecule has 22 heavy (non-hydrogen) atoms. The lowest BCUT2D eigenvalue weighted by molar-refractivity contribution is -0.129. The smallest absolute Gasteiger partial charge is 0.275 e. The van der Waals surface area contributed by atoms with E-state index in [1.807, 2.05) is 0 Å². The lowest BCUT2D eigenvalue weighted by Crippen LogP contribution is -2.33. The number of fused-ring (bicyclic) bond motifs is 1. The molecule has 0 aliphatic carbocycles. The number of anilines is 1. The Morgan fingerprint density at radius 1 is 1.50 bits per heavy atom. The van der Waals surface area contributed by atoms with Crippen LogP contribution in [0.3, 0.4) is 0 Å². The quantitative estimate of drug-likeness (QED) is 0.881. The first-order chi connectivity index (χ1) is 10.4. The molecule has 0 bridgehead atoms. The molecule has 0 saturated heterocycles. The van der Waals surface area contributed by atoms with E-state index < -0.39 is 10.0 Å². The summed E-state index contributed by atoms with van der Waals surface area (Å²) in [6, 6.07) is 1.65. The number of carbonyl (C=O) groups excluding carboxylic acids is 1. The second-order valence-electron chi connectivity index (χ2n) is 4.99.